The first-order valence-electron chi connectivity index (χ1n) is 3.29. The smallest absolute Gasteiger partial charge is 0.281 e. The lowest BCUT2D eigenvalue weighted by Crippen LogP contribution is -2.00. The van der Waals surface area contributed by atoms with Crippen LogP contribution in [-0.4, -0.2) is 10.1 Å². The second kappa shape index (κ2) is 4.61. The molecular formula is C7H5BrF2INO. The second-order valence-corrected chi connectivity index (χ2v) is 4.18. The lowest BCUT2D eigenvalue weighted by Gasteiger charge is -2.07. The monoisotopic (exact) mass is 363 g/mol. The third kappa shape index (κ3) is 2.35. The van der Waals surface area contributed by atoms with Crippen LogP contribution in [-0.2, 0) is 6.61 Å². The molecule has 0 saturated heterocycles. The van der Waals surface area contributed by atoms with Gasteiger partial charge in [-0.2, -0.15) is 0 Å². The van der Waals surface area contributed by atoms with Crippen LogP contribution in [0.4, 0.5) is 8.78 Å². The first kappa shape index (κ1) is 11.3. The van der Waals surface area contributed by atoms with E-state index in [1.165, 1.54) is 6.20 Å². The van der Waals surface area contributed by atoms with E-state index in [4.69, 9.17) is 5.11 Å². The van der Waals surface area contributed by atoms with Crippen molar-refractivity contribution in [2.75, 3.05) is 0 Å². The number of hydrogen-bond acceptors (Lipinski definition) is 2. The molecular weight excluding hydrogens is 359 g/mol. The minimum absolute atomic E-state index is 0.277. The number of pyridine rings is 1. The van der Waals surface area contributed by atoms with Crippen LogP contribution in [0.2, 0.25) is 0 Å². The molecule has 6 heteroatoms. The second-order valence-electron chi connectivity index (χ2n) is 2.24. The molecule has 0 aliphatic rings. The Morgan fingerprint density at radius 1 is 1.62 bits per heavy atom. The summed E-state index contributed by atoms with van der Waals surface area (Å²) in [6.45, 7) is -0.277. The van der Waals surface area contributed by atoms with E-state index >= 15 is 0 Å². The Hall–Kier alpha value is 0.180. The molecule has 0 atom stereocenters. The molecule has 2 nitrogen and oxygen atoms in total. The molecule has 1 heterocycles. The van der Waals surface area contributed by atoms with Crippen LogP contribution in [0.25, 0.3) is 0 Å². The Balaban J connectivity index is 3.27. The van der Waals surface area contributed by atoms with E-state index in [0.717, 1.165) is 0 Å². The number of rotatable bonds is 2. The highest BCUT2D eigenvalue weighted by molar-refractivity contribution is 14.1. The van der Waals surface area contributed by atoms with Crippen molar-refractivity contribution in [3.63, 3.8) is 0 Å². The minimum Gasteiger partial charge on any atom is -0.392 e. The maximum atomic E-state index is 12.3. The molecule has 1 N–H and O–H groups in total. The van der Waals surface area contributed by atoms with Crippen molar-refractivity contribution < 1.29 is 13.9 Å². The molecule has 0 spiro atoms. The molecule has 0 radical (unpaired) electrons. The first-order chi connectivity index (χ1) is 6.07. The largest absolute Gasteiger partial charge is 0.392 e. The van der Waals surface area contributed by atoms with Gasteiger partial charge in [0.05, 0.1) is 6.61 Å². The van der Waals surface area contributed by atoms with Gasteiger partial charge in [0.2, 0.25) is 0 Å². The van der Waals surface area contributed by atoms with Gasteiger partial charge in [-0.3, -0.25) is 4.98 Å². The molecule has 0 saturated carbocycles. The number of aliphatic hydroxyl groups excluding tert-OH is 1. The molecule has 0 fully saturated rings. The van der Waals surface area contributed by atoms with Gasteiger partial charge >= 0.3 is 0 Å². The third-order valence-electron chi connectivity index (χ3n) is 1.46. The molecule has 0 aliphatic carbocycles. The lowest BCUT2D eigenvalue weighted by atomic mass is 10.2. The average molecular weight is 364 g/mol. The number of aromatic nitrogens is 1. The van der Waals surface area contributed by atoms with Crippen molar-refractivity contribution in [3.8, 4) is 0 Å². The summed E-state index contributed by atoms with van der Waals surface area (Å²) in [5, 5.41) is 8.90. The Morgan fingerprint density at radius 2 is 2.23 bits per heavy atom. The van der Waals surface area contributed by atoms with E-state index in [-0.39, 0.29) is 12.3 Å². The van der Waals surface area contributed by atoms with Gasteiger partial charge in [0.15, 0.2) is 0 Å². The van der Waals surface area contributed by atoms with Crippen LogP contribution < -0.4 is 0 Å². The van der Waals surface area contributed by atoms with E-state index in [1.807, 2.05) is 0 Å². The minimum atomic E-state index is -2.61. The molecule has 1 aromatic heterocycles. The summed E-state index contributed by atoms with van der Waals surface area (Å²) in [5.41, 5.74) is 0.166. The maximum Gasteiger partial charge on any atom is 0.281 e. The predicted molar refractivity (Wildman–Crippen MR) is 55.5 cm³/mol. The Bertz CT molecular complexity index is 322. The molecule has 0 aromatic carbocycles. The van der Waals surface area contributed by atoms with Crippen molar-refractivity contribution in [2.24, 2.45) is 0 Å². The Kier molecular flexibility index (Phi) is 3.99. The zero-order chi connectivity index (χ0) is 10.0. The van der Waals surface area contributed by atoms with Crippen LogP contribution in [0.3, 0.4) is 0 Å². The van der Waals surface area contributed by atoms with Crippen molar-refractivity contribution in [1.82, 2.24) is 4.98 Å². The fraction of sp³-hybridized carbons (Fsp3) is 0.286. The molecule has 0 bridgehead atoms. The summed E-state index contributed by atoms with van der Waals surface area (Å²) in [6.07, 6.45) is -1.33. The summed E-state index contributed by atoms with van der Waals surface area (Å²) in [6, 6.07) is 0. The average Bonchev–Trinajstić information content (AvgIpc) is 2.04. The standard InChI is InChI=1S/C7H5BrF2INO/c8-4-1-12-6(7(9)10)5(11)3(4)2-13/h1,7,13H,2H2. The van der Waals surface area contributed by atoms with Gasteiger partial charge in [-0.25, -0.2) is 8.78 Å². The number of hydrogen-bond donors (Lipinski definition) is 1. The maximum absolute atomic E-state index is 12.3. The van der Waals surface area contributed by atoms with Gasteiger partial charge in [-0.15, -0.1) is 0 Å². The summed E-state index contributed by atoms with van der Waals surface area (Å²) in [5.74, 6) is 0. The van der Waals surface area contributed by atoms with E-state index in [0.29, 0.717) is 13.6 Å². The number of nitrogens with zero attached hydrogens (tertiary/aromatic N) is 1. The van der Waals surface area contributed by atoms with Crippen LogP contribution in [0.1, 0.15) is 17.7 Å². The summed E-state index contributed by atoms with van der Waals surface area (Å²) < 4.78 is 25.5. The molecule has 13 heavy (non-hydrogen) atoms. The summed E-state index contributed by atoms with van der Waals surface area (Å²) >= 11 is 4.87. The highest BCUT2D eigenvalue weighted by Gasteiger charge is 2.17. The number of aliphatic hydroxyl groups is 1. The van der Waals surface area contributed by atoms with Gasteiger partial charge in [0, 0.05) is 19.8 Å². The topological polar surface area (TPSA) is 33.1 Å². The molecule has 0 aliphatic heterocycles. The highest BCUT2D eigenvalue weighted by Crippen LogP contribution is 2.29. The molecule has 72 valence electrons. The van der Waals surface area contributed by atoms with Crippen molar-refractivity contribution in [2.45, 2.75) is 13.0 Å². The Morgan fingerprint density at radius 3 is 2.69 bits per heavy atom. The van der Waals surface area contributed by atoms with Crippen LogP contribution in [0, 0.1) is 3.57 Å². The van der Waals surface area contributed by atoms with Crippen LogP contribution in [0.15, 0.2) is 10.7 Å². The number of halogens is 4. The zero-order valence-corrected chi connectivity index (χ0v) is 10.0. The fourth-order valence-electron chi connectivity index (χ4n) is 0.817. The molecule has 0 amide bonds. The van der Waals surface area contributed by atoms with E-state index in [2.05, 4.69) is 20.9 Å². The zero-order valence-electron chi connectivity index (χ0n) is 6.27. The highest BCUT2D eigenvalue weighted by atomic mass is 127. The fourth-order valence-corrected chi connectivity index (χ4v) is 2.45. The SMILES string of the molecule is OCc1c(Br)cnc(C(F)F)c1I. The van der Waals surface area contributed by atoms with Crippen molar-refractivity contribution in [1.29, 1.82) is 0 Å². The summed E-state index contributed by atoms with van der Waals surface area (Å²) in [7, 11) is 0. The first-order valence-corrected chi connectivity index (χ1v) is 5.17. The molecule has 0 unspecified atom stereocenters. The van der Waals surface area contributed by atoms with E-state index in [9.17, 15) is 8.78 Å². The normalized spacial score (nSPS) is 10.9. The predicted octanol–water partition coefficient (Wildman–Crippen LogP) is 2.88. The van der Waals surface area contributed by atoms with Gasteiger partial charge in [-0.1, -0.05) is 0 Å². The van der Waals surface area contributed by atoms with Gasteiger partial charge in [0.25, 0.3) is 6.43 Å². The quantitative estimate of drug-likeness (QED) is 0.819. The van der Waals surface area contributed by atoms with Gasteiger partial charge < -0.3 is 5.11 Å². The van der Waals surface area contributed by atoms with E-state index < -0.39 is 6.43 Å². The summed E-state index contributed by atoms with van der Waals surface area (Å²) in [4.78, 5) is 3.57. The third-order valence-corrected chi connectivity index (χ3v) is 3.35. The lowest BCUT2D eigenvalue weighted by molar-refractivity contribution is 0.144. The Labute approximate surface area is 95.6 Å². The van der Waals surface area contributed by atoms with Crippen LogP contribution >= 0.6 is 38.5 Å². The molecule has 1 rings (SSSR count). The van der Waals surface area contributed by atoms with Crippen LogP contribution in [0.5, 0.6) is 0 Å². The van der Waals surface area contributed by atoms with Gasteiger partial charge in [-0.05, 0) is 38.5 Å². The molecule has 1 aromatic rings. The van der Waals surface area contributed by atoms with E-state index in [1.54, 1.807) is 22.6 Å². The van der Waals surface area contributed by atoms with Gasteiger partial charge in [0.1, 0.15) is 5.69 Å². The number of alkyl halides is 2. The van der Waals surface area contributed by atoms with Crippen molar-refractivity contribution in [3.05, 3.63) is 25.5 Å². The van der Waals surface area contributed by atoms with Crippen molar-refractivity contribution >= 4 is 38.5 Å².